The van der Waals surface area contributed by atoms with Crippen LogP contribution in [0.1, 0.15) is 38.2 Å². The summed E-state index contributed by atoms with van der Waals surface area (Å²) in [6.07, 6.45) is 4.25. The number of nitrogens with zero attached hydrogens (tertiary/aromatic N) is 1. The third-order valence-electron chi connectivity index (χ3n) is 3.46. The number of hydrogen-bond donors (Lipinski definition) is 2. The largest absolute Gasteiger partial charge is 0.345 e. The lowest BCUT2D eigenvalue weighted by Crippen LogP contribution is -2.39. The van der Waals surface area contributed by atoms with Gasteiger partial charge in [-0.25, -0.2) is 5.43 Å². The number of amides is 2. The van der Waals surface area contributed by atoms with Crippen molar-refractivity contribution in [2.45, 2.75) is 45.1 Å². The molecule has 0 heterocycles. The van der Waals surface area contributed by atoms with Crippen LogP contribution in [-0.2, 0) is 16.0 Å². The Hall–Kier alpha value is -1.69. The Bertz CT molecular complexity index is 565. The van der Waals surface area contributed by atoms with Crippen LogP contribution < -0.4 is 10.7 Å². The predicted octanol–water partition coefficient (Wildman–Crippen LogP) is 2.54. The van der Waals surface area contributed by atoms with Crippen molar-refractivity contribution in [2.75, 3.05) is 0 Å². The minimum Gasteiger partial charge on any atom is -0.345 e. The van der Waals surface area contributed by atoms with Gasteiger partial charge >= 0.3 is 11.8 Å². The number of nitrogens with one attached hydrogen (secondary N) is 2. The summed E-state index contributed by atoms with van der Waals surface area (Å²) in [6, 6.07) is 8.28. The Morgan fingerprint density at radius 1 is 1.23 bits per heavy atom. The lowest BCUT2D eigenvalue weighted by atomic mass is 10.1. The Morgan fingerprint density at radius 2 is 1.91 bits per heavy atom. The number of carbonyl (C=O) groups is 2. The van der Waals surface area contributed by atoms with Crippen molar-refractivity contribution in [3.05, 3.63) is 34.3 Å². The lowest BCUT2D eigenvalue weighted by Gasteiger charge is -2.06. The van der Waals surface area contributed by atoms with Gasteiger partial charge in [-0.3, -0.25) is 9.59 Å². The van der Waals surface area contributed by atoms with Gasteiger partial charge in [0.15, 0.2) is 0 Å². The van der Waals surface area contributed by atoms with Gasteiger partial charge in [0.2, 0.25) is 0 Å². The van der Waals surface area contributed by atoms with Crippen LogP contribution in [0.2, 0.25) is 0 Å². The first-order chi connectivity index (χ1) is 10.6. The van der Waals surface area contributed by atoms with Gasteiger partial charge in [-0.15, -0.1) is 0 Å². The minimum absolute atomic E-state index is 0.172. The molecule has 2 amide bonds. The molecule has 1 aliphatic carbocycles. The second kappa shape index (κ2) is 8.08. The van der Waals surface area contributed by atoms with Crippen LogP contribution in [0.25, 0.3) is 0 Å². The van der Waals surface area contributed by atoms with E-state index in [0.29, 0.717) is 0 Å². The SMILES string of the molecule is CC/C(CCc1ccc(Br)cc1)=N\NC(=O)C(=O)NC1CC1. The van der Waals surface area contributed by atoms with E-state index < -0.39 is 11.8 Å². The lowest BCUT2D eigenvalue weighted by molar-refractivity contribution is -0.139. The summed E-state index contributed by atoms with van der Waals surface area (Å²) in [4.78, 5) is 23.1. The minimum atomic E-state index is -0.693. The molecule has 5 nitrogen and oxygen atoms in total. The third kappa shape index (κ3) is 5.60. The van der Waals surface area contributed by atoms with E-state index >= 15 is 0 Å². The van der Waals surface area contributed by atoms with Gasteiger partial charge in [0.1, 0.15) is 0 Å². The summed E-state index contributed by atoms with van der Waals surface area (Å²) in [6.45, 7) is 1.98. The molecule has 0 saturated heterocycles. The average molecular weight is 366 g/mol. The number of aryl methyl sites for hydroxylation is 1. The number of hydrazone groups is 1. The van der Waals surface area contributed by atoms with Crippen molar-refractivity contribution >= 4 is 33.5 Å². The monoisotopic (exact) mass is 365 g/mol. The molecule has 6 heteroatoms. The van der Waals surface area contributed by atoms with E-state index in [-0.39, 0.29) is 6.04 Å². The molecule has 1 aromatic rings. The molecule has 0 aliphatic heterocycles. The molecule has 1 saturated carbocycles. The van der Waals surface area contributed by atoms with Crippen molar-refractivity contribution in [3.63, 3.8) is 0 Å². The van der Waals surface area contributed by atoms with Gasteiger partial charge in [-0.2, -0.15) is 5.10 Å². The molecule has 0 radical (unpaired) electrons. The molecule has 22 heavy (non-hydrogen) atoms. The van der Waals surface area contributed by atoms with E-state index in [1.54, 1.807) is 0 Å². The Labute approximate surface area is 138 Å². The highest BCUT2D eigenvalue weighted by Gasteiger charge is 2.26. The molecule has 2 rings (SSSR count). The van der Waals surface area contributed by atoms with E-state index in [1.165, 1.54) is 5.56 Å². The fourth-order valence-corrected chi connectivity index (χ4v) is 2.17. The maximum absolute atomic E-state index is 11.6. The van der Waals surface area contributed by atoms with E-state index in [1.807, 2.05) is 19.1 Å². The van der Waals surface area contributed by atoms with Crippen molar-refractivity contribution in [1.29, 1.82) is 0 Å². The van der Waals surface area contributed by atoms with Gasteiger partial charge in [-0.05, 0) is 49.8 Å². The Morgan fingerprint density at radius 3 is 2.50 bits per heavy atom. The zero-order valence-electron chi connectivity index (χ0n) is 12.6. The summed E-state index contributed by atoms with van der Waals surface area (Å²) >= 11 is 3.41. The molecule has 1 aromatic carbocycles. The van der Waals surface area contributed by atoms with E-state index in [9.17, 15) is 9.59 Å². The van der Waals surface area contributed by atoms with Crippen molar-refractivity contribution in [2.24, 2.45) is 5.10 Å². The summed E-state index contributed by atoms with van der Waals surface area (Å²) in [5.41, 5.74) is 4.42. The molecule has 0 aromatic heterocycles. The Kier molecular flexibility index (Phi) is 6.12. The van der Waals surface area contributed by atoms with Crippen molar-refractivity contribution < 1.29 is 9.59 Å². The normalized spacial score (nSPS) is 14.5. The van der Waals surface area contributed by atoms with E-state index in [4.69, 9.17) is 0 Å². The number of hydrogen-bond acceptors (Lipinski definition) is 3. The smallest absolute Gasteiger partial charge is 0.329 e. The van der Waals surface area contributed by atoms with Crippen LogP contribution in [0.5, 0.6) is 0 Å². The van der Waals surface area contributed by atoms with Crippen LogP contribution in [-0.4, -0.2) is 23.6 Å². The highest BCUT2D eigenvalue weighted by molar-refractivity contribution is 9.10. The number of carbonyl (C=O) groups excluding carboxylic acids is 2. The van der Waals surface area contributed by atoms with Gasteiger partial charge in [-0.1, -0.05) is 35.0 Å². The first kappa shape index (κ1) is 16.7. The van der Waals surface area contributed by atoms with Crippen molar-refractivity contribution in [1.82, 2.24) is 10.7 Å². The van der Waals surface area contributed by atoms with Gasteiger partial charge in [0.05, 0.1) is 0 Å². The van der Waals surface area contributed by atoms with E-state index in [2.05, 4.69) is 43.9 Å². The fraction of sp³-hybridized carbons (Fsp3) is 0.438. The average Bonchev–Trinajstić information content (AvgIpc) is 3.32. The molecule has 1 aliphatic rings. The molecular weight excluding hydrogens is 346 g/mol. The fourth-order valence-electron chi connectivity index (χ4n) is 1.91. The van der Waals surface area contributed by atoms with Gasteiger partial charge in [0, 0.05) is 16.2 Å². The molecule has 118 valence electrons. The quantitative estimate of drug-likeness (QED) is 0.462. The van der Waals surface area contributed by atoms with Crippen LogP contribution in [0.4, 0.5) is 0 Å². The first-order valence-electron chi connectivity index (χ1n) is 7.49. The summed E-state index contributed by atoms with van der Waals surface area (Å²) in [5, 5.41) is 6.70. The third-order valence-corrected chi connectivity index (χ3v) is 3.99. The molecule has 0 unspecified atom stereocenters. The summed E-state index contributed by atoms with van der Waals surface area (Å²) in [7, 11) is 0. The second-order valence-corrected chi connectivity index (χ2v) is 6.26. The van der Waals surface area contributed by atoms with Crippen LogP contribution >= 0.6 is 15.9 Å². The van der Waals surface area contributed by atoms with E-state index in [0.717, 1.165) is 42.3 Å². The molecule has 0 atom stereocenters. The second-order valence-electron chi connectivity index (χ2n) is 5.35. The number of benzene rings is 1. The molecule has 0 spiro atoms. The number of rotatable bonds is 6. The molecular formula is C16H20BrN3O2. The molecule has 2 N–H and O–H groups in total. The van der Waals surface area contributed by atoms with Crippen LogP contribution in [0, 0.1) is 0 Å². The number of halogens is 1. The zero-order valence-corrected chi connectivity index (χ0v) is 14.1. The standard InChI is InChI=1S/C16H20BrN3O2/c1-2-13(8-5-11-3-6-12(17)7-4-11)19-20-16(22)15(21)18-14-9-10-14/h3-4,6-7,14H,2,5,8-10H2,1H3,(H,18,21)(H,20,22)/b19-13+. The molecule has 1 fully saturated rings. The van der Waals surface area contributed by atoms with Crippen LogP contribution in [0.3, 0.4) is 0 Å². The Balaban J connectivity index is 1.80. The highest BCUT2D eigenvalue weighted by atomic mass is 79.9. The highest BCUT2D eigenvalue weighted by Crippen LogP contribution is 2.18. The van der Waals surface area contributed by atoms with Crippen LogP contribution in [0.15, 0.2) is 33.8 Å². The van der Waals surface area contributed by atoms with Gasteiger partial charge in [0.25, 0.3) is 0 Å². The molecule has 0 bridgehead atoms. The maximum Gasteiger partial charge on any atom is 0.329 e. The zero-order chi connectivity index (χ0) is 15.9. The summed E-state index contributed by atoms with van der Waals surface area (Å²) < 4.78 is 1.05. The summed E-state index contributed by atoms with van der Waals surface area (Å²) in [5.74, 6) is -1.30. The van der Waals surface area contributed by atoms with Gasteiger partial charge < -0.3 is 5.32 Å². The maximum atomic E-state index is 11.6. The predicted molar refractivity (Wildman–Crippen MR) is 89.5 cm³/mol. The topological polar surface area (TPSA) is 70.6 Å². The van der Waals surface area contributed by atoms with Crippen molar-refractivity contribution in [3.8, 4) is 0 Å². The first-order valence-corrected chi connectivity index (χ1v) is 8.28.